The van der Waals surface area contributed by atoms with E-state index in [1.165, 1.54) is 0 Å². The molecule has 1 aromatic heterocycles. The maximum atomic E-state index is 7.27. The van der Waals surface area contributed by atoms with Gasteiger partial charge in [-0.15, -0.1) is 11.3 Å². The third kappa shape index (κ3) is 23.2. The third-order valence-electron chi connectivity index (χ3n) is 1.03. The van der Waals surface area contributed by atoms with E-state index >= 15 is 0 Å². The van der Waals surface area contributed by atoms with Crippen molar-refractivity contribution in [1.82, 2.24) is 4.98 Å². The Morgan fingerprint density at radius 2 is 1.82 bits per heavy atom. The standard InChI is InChI=1S/C5H6N4S.C2H5N3S.3C2H6/c6-1-4-2-10-5(9-4)8-3-7;3-1-5-2(4)6;3*1-2/h1-3,6H,(H2,7,8,9);1H,(H4,3,4,5,6);3*1-2H3/i2D;;;;. The number of hydrogen-bond acceptors (Lipinski definition) is 4. The van der Waals surface area contributed by atoms with E-state index in [2.05, 4.69) is 27.2 Å². The summed E-state index contributed by atoms with van der Waals surface area (Å²) >= 11 is 5.40. The number of thiocarbonyl (C=S) groups is 1. The zero-order valence-electron chi connectivity index (χ0n) is 15.1. The van der Waals surface area contributed by atoms with Gasteiger partial charge in [0.15, 0.2) is 9.91 Å². The fourth-order valence-electron chi connectivity index (χ4n) is 0.526. The van der Waals surface area contributed by atoms with Crippen LogP contribution in [-0.2, 0) is 0 Å². The minimum Gasteiger partial charge on any atom is -0.390 e. The summed E-state index contributed by atoms with van der Waals surface area (Å²) in [6.07, 6.45) is 3.01. The van der Waals surface area contributed by atoms with Crippen LogP contribution in [0.5, 0.6) is 0 Å². The zero-order valence-corrected chi connectivity index (χ0v) is 15.7. The predicted octanol–water partition coefficient (Wildman–Crippen LogP) is 2.88. The number of nitrogens with two attached hydrogens (primary N) is 2. The van der Waals surface area contributed by atoms with Gasteiger partial charge in [0.05, 0.1) is 13.4 Å². The molecule has 0 atom stereocenters. The quantitative estimate of drug-likeness (QED) is 0.319. The Labute approximate surface area is 144 Å². The van der Waals surface area contributed by atoms with Crippen LogP contribution in [0.15, 0.2) is 15.3 Å². The Morgan fingerprint density at radius 1 is 1.32 bits per heavy atom. The highest BCUT2D eigenvalue weighted by atomic mass is 32.1. The van der Waals surface area contributed by atoms with Crippen LogP contribution in [0, 0.1) is 10.8 Å². The molecular formula is C13H29N7S2. The van der Waals surface area contributed by atoms with Gasteiger partial charge >= 0.3 is 0 Å². The molecule has 1 rings (SSSR count). The smallest absolute Gasteiger partial charge is 0.191 e. The summed E-state index contributed by atoms with van der Waals surface area (Å²) in [5, 5.41) is 13.8. The molecule has 0 bridgehead atoms. The van der Waals surface area contributed by atoms with Crippen molar-refractivity contribution in [3.8, 4) is 0 Å². The van der Waals surface area contributed by atoms with Crippen LogP contribution in [0.1, 0.15) is 48.6 Å². The van der Waals surface area contributed by atoms with E-state index in [1.807, 2.05) is 41.5 Å². The average molecular weight is 349 g/mol. The Kier molecular flexibility index (Phi) is 31.3. The number of hydrogen-bond donors (Lipinski definition) is 5. The molecule has 0 saturated heterocycles. The van der Waals surface area contributed by atoms with Crippen LogP contribution < -0.4 is 16.3 Å². The van der Waals surface area contributed by atoms with E-state index in [9.17, 15) is 0 Å². The summed E-state index contributed by atoms with van der Waals surface area (Å²) in [4.78, 5) is 10.1. The highest BCUT2D eigenvalue weighted by Crippen LogP contribution is 1.89. The van der Waals surface area contributed by atoms with Gasteiger partial charge in [0, 0.05) is 11.6 Å². The number of nitrogens with one attached hydrogen (secondary N) is 3. The maximum Gasteiger partial charge on any atom is 0.191 e. The lowest BCUT2D eigenvalue weighted by Gasteiger charge is -1.75. The highest BCUT2D eigenvalue weighted by Gasteiger charge is 1.86. The van der Waals surface area contributed by atoms with Crippen molar-refractivity contribution in [3.63, 3.8) is 0 Å². The van der Waals surface area contributed by atoms with Gasteiger partial charge in [0.2, 0.25) is 0 Å². The second-order valence-electron chi connectivity index (χ2n) is 2.07. The minimum atomic E-state index is 0.0671. The molecule has 0 fully saturated rings. The van der Waals surface area contributed by atoms with Gasteiger partial charge in [0.1, 0.15) is 6.34 Å². The first-order valence-corrected chi connectivity index (χ1v) is 8.04. The Bertz CT molecular complexity index is 493. The van der Waals surface area contributed by atoms with E-state index in [-0.39, 0.29) is 10.5 Å². The molecule has 0 spiro atoms. The van der Waals surface area contributed by atoms with Gasteiger partial charge in [-0.3, -0.25) is 5.41 Å². The van der Waals surface area contributed by atoms with Crippen LogP contribution in [0.3, 0.4) is 0 Å². The average Bonchev–Trinajstić information content (AvgIpc) is 2.94. The normalized spacial score (nSPS) is 9.18. The summed E-state index contributed by atoms with van der Waals surface area (Å²) in [5.41, 5.74) is 10.1. The van der Waals surface area contributed by atoms with E-state index in [1.54, 1.807) is 0 Å². The maximum absolute atomic E-state index is 7.27. The van der Waals surface area contributed by atoms with E-state index in [0.29, 0.717) is 10.5 Å². The van der Waals surface area contributed by atoms with Gasteiger partial charge in [-0.25, -0.2) is 9.98 Å². The topological polar surface area (TPSA) is 140 Å². The molecule has 9 heteroatoms. The summed E-state index contributed by atoms with van der Waals surface area (Å²) in [5.74, 6) is 0. The van der Waals surface area contributed by atoms with Gasteiger partial charge in [0.25, 0.3) is 0 Å². The highest BCUT2D eigenvalue weighted by molar-refractivity contribution is 7.80. The lowest BCUT2D eigenvalue weighted by atomic mass is 10.6. The van der Waals surface area contributed by atoms with Gasteiger partial charge in [-0.05, 0) is 12.2 Å². The molecule has 7 nitrogen and oxygen atoms in total. The van der Waals surface area contributed by atoms with Gasteiger partial charge in [-0.2, -0.15) is 0 Å². The van der Waals surface area contributed by atoms with Crippen LogP contribution in [0.2, 0.25) is 0 Å². The number of H-pyrrole nitrogens is 1. The number of rotatable bonds is 2. The van der Waals surface area contributed by atoms with Gasteiger partial charge < -0.3 is 21.9 Å². The number of thiazole rings is 1. The molecule has 128 valence electrons. The van der Waals surface area contributed by atoms with E-state index < -0.39 is 0 Å². The zero-order chi connectivity index (χ0) is 19.3. The molecule has 0 unspecified atom stereocenters. The minimum absolute atomic E-state index is 0.0671. The van der Waals surface area contributed by atoms with Crippen molar-refractivity contribution < 1.29 is 1.37 Å². The van der Waals surface area contributed by atoms with Crippen molar-refractivity contribution in [2.24, 2.45) is 21.5 Å². The summed E-state index contributed by atoms with van der Waals surface area (Å²) in [7, 11) is 0. The van der Waals surface area contributed by atoms with Crippen LogP contribution >= 0.6 is 23.6 Å². The number of aromatic amines is 1. The first-order chi connectivity index (χ1) is 11.0. The predicted molar refractivity (Wildman–Crippen MR) is 104 cm³/mol. The van der Waals surface area contributed by atoms with Crippen molar-refractivity contribution in [2.45, 2.75) is 41.5 Å². The fraction of sp³-hybridized carbons (Fsp3) is 0.462. The van der Waals surface area contributed by atoms with Crippen LogP contribution in [0.4, 0.5) is 0 Å². The summed E-state index contributed by atoms with van der Waals surface area (Å²) < 4.78 is 7.27. The van der Waals surface area contributed by atoms with Crippen molar-refractivity contribution in [2.75, 3.05) is 0 Å². The molecular weight excluding hydrogens is 318 g/mol. The van der Waals surface area contributed by atoms with Crippen molar-refractivity contribution in [3.05, 3.63) is 15.9 Å². The molecule has 7 N–H and O–H groups in total. The Hall–Kier alpha value is -1.87. The molecule has 0 aromatic carbocycles. The molecule has 22 heavy (non-hydrogen) atoms. The molecule has 0 saturated carbocycles. The Balaban J connectivity index is -0.000000129. The summed E-state index contributed by atoms with van der Waals surface area (Å²) in [6.45, 7) is 12.0. The molecule has 0 aliphatic carbocycles. The Morgan fingerprint density at radius 3 is 2.05 bits per heavy atom. The first-order valence-electron chi connectivity index (χ1n) is 7.31. The number of nitrogens with zero attached hydrogens (tertiary/aromatic N) is 2. The van der Waals surface area contributed by atoms with Crippen LogP contribution in [0.25, 0.3) is 0 Å². The molecule has 0 amide bonds. The second kappa shape index (κ2) is 27.5. The summed E-state index contributed by atoms with van der Waals surface area (Å²) in [6, 6.07) is 0. The van der Waals surface area contributed by atoms with Crippen LogP contribution in [-0.4, -0.2) is 29.0 Å². The van der Waals surface area contributed by atoms with Gasteiger partial charge in [-0.1, -0.05) is 41.5 Å². The largest absolute Gasteiger partial charge is 0.390 e. The monoisotopic (exact) mass is 348 g/mol. The molecule has 1 aromatic rings. The van der Waals surface area contributed by atoms with Crippen molar-refractivity contribution in [1.29, 1.82) is 10.8 Å². The fourth-order valence-corrected chi connectivity index (χ4v) is 1.17. The van der Waals surface area contributed by atoms with Crippen molar-refractivity contribution >= 4 is 47.6 Å². The first kappa shape index (κ1) is 25.1. The molecule has 0 aliphatic rings. The third-order valence-corrected chi connectivity index (χ3v) is 1.86. The molecule has 1 heterocycles. The van der Waals surface area contributed by atoms with E-state index in [4.69, 9.17) is 23.7 Å². The molecule has 0 aliphatic heterocycles. The lowest BCUT2D eigenvalue weighted by Crippen LogP contribution is -2.05. The number of aliphatic imine (C=N–C) groups is 1. The second-order valence-corrected chi connectivity index (χ2v) is 3.28. The SMILES string of the molecule is CC.CC.CC.NC=NC(N)=S.[2H]c1sc(=NC=N)[nH]c1C=N. The number of aromatic nitrogens is 1. The lowest BCUT2D eigenvalue weighted by molar-refractivity contribution is 1.24. The van der Waals surface area contributed by atoms with E-state index in [0.717, 1.165) is 30.2 Å². The molecule has 0 radical (unpaired) electrons.